The third-order valence-corrected chi connectivity index (χ3v) is 6.46. The third kappa shape index (κ3) is 7.02. The summed E-state index contributed by atoms with van der Waals surface area (Å²) >= 11 is 5.89. The van der Waals surface area contributed by atoms with E-state index in [2.05, 4.69) is 15.4 Å². The molecule has 9 nitrogen and oxygen atoms in total. The van der Waals surface area contributed by atoms with Crippen LogP contribution >= 0.6 is 25.1 Å². The Balaban J connectivity index is 0.00000462. The number of nitrogens with one attached hydrogen (secondary N) is 1. The molecule has 1 aromatic carbocycles. The Bertz CT molecular complexity index is 1500. The van der Waals surface area contributed by atoms with Crippen LogP contribution in [0.3, 0.4) is 0 Å². The van der Waals surface area contributed by atoms with E-state index in [1.807, 2.05) is 0 Å². The summed E-state index contributed by atoms with van der Waals surface area (Å²) in [4.78, 5) is 44.2. The Labute approximate surface area is 246 Å². The second-order valence-electron chi connectivity index (χ2n) is 10.5. The molecule has 3 aromatic rings. The van der Waals surface area contributed by atoms with Crippen molar-refractivity contribution in [2.45, 2.75) is 58.9 Å². The number of aromatic nitrogens is 3. The highest BCUT2D eigenvalue weighted by Crippen LogP contribution is 2.38. The van der Waals surface area contributed by atoms with E-state index in [1.165, 1.54) is 34.1 Å². The molecule has 0 unspecified atom stereocenters. The van der Waals surface area contributed by atoms with Crippen LogP contribution in [0.2, 0.25) is 5.02 Å². The average molecular weight is 612 g/mol. The molecule has 0 spiro atoms. The Morgan fingerprint density at radius 2 is 1.85 bits per heavy atom. The molecule has 0 bridgehead atoms. The zero-order valence-corrected chi connectivity index (χ0v) is 24.6. The molecule has 3 heterocycles. The number of amides is 2. The van der Waals surface area contributed by atoms with Gasteiger partial charge < -0.3 is 9.64 Å². The van der Waals surface area contributed by atoms with Crippen molar-refractivity contribution in [3.63, 3.8) is 0 Å². The van der Waals surface area contributed by atoms with E-state index in [0.717, 1.165) is 12.1 Å². The van der Waals surface area contributed by atoms with Crippen molar-refractivity contribution in [2.24, 2.45) is 0 Å². The summed E-state index contributed by atoms with van der Waals surface area (Å²) in [6.07, 6.45) is -2.71. The van der Waals surface area contributed by atoms with Gasteiger partial charge in [0.1, 0.15) is 17.1 Å². The minimum atomic E-state index is -4.63. The molecule has 0 saturated carbocycles. The molecule has 1 atom stereocenters. The van der Waals surface area contributed by atoms with Gasteiger partial charge in [-0.2, -0.15) is 31.8 Å². The lowest BCUT2D eigenvalue weighted by Gasteiger charge is -2.32. The number of ether oxygens (including phenoxy) is 1. The maximum absolute atomic E-state index is 13.5. The lowest BCUT2D eigenvalue weighted by atomic mass is 10.00. The van der Waals surface area contributed by atoms with Gasteiger partial charge in [-0.25, -0.2) is 9.78 Å². The van der Waals surface area contributed by atoms with Gasteiger partial charge >= 0.3 is 12.3 Å². The molecule has 0 saturated heterocycles. The third-order valence-electron chi connectivity index (χ3n) is 6.14. The van der Waals surface area contributed by atoms with Crippen molar-refractivity contribution in [1.29, 1.82) is 0 Å². The van der Waals surface area contributed by atoms with Crippen LogP contribution in [-0.2, 0) is 17.3 Å². The largest absolute Gasteiger partial charge is 0.444 e. The van der Waals surface area contributed by atoms with Gasteiger partial charge in [0, 0.05) is 36.0 Å². The van der Waals surface area contributed by atoms with Gasteiger partial charge in [-0.05, 0) is 64.4 Å². The van der Waals surface area contributed by atoms with Crippen molar-refractivity contribution in [3.05, 3.63) is 69.6 Å². The Morgan fingerprint density at radius 1 is 1.17 bits per heavy atom. The van der Waals surface area contributed by atoms with Gasteiger partial charge in [-0.3, -0.25) is 19.6 Å². The molecule has 1 aliphatic heterocycles. The number of pyridine rings is 1. The molecule has 14 heteroatoms. The van der Waals surface area contributed by atoms with Crippen molar-refractivity contribution in [1.82, 2.24) is 14.8 Å². The molecule has 0 fully saturated rings. The number of anilines is 2. The van der Waals surface area contributed by atoms with E-state index in [0.29, 0.717) is 11.1 Å². The summed E-state index contributed by atoms with van der Waals surface area (Å²) in [6.45, 7) is 8.82. The predicted octanol–water partition coefficient (Wildman–Crippen LogP) is 6.37. The van der Waals surface area contributed by atoms with Crippen LogP contribution in [0.5, 0.6) is 0 Å². The number of carbonyl (C=O) groups is 3. The highest BCUT2D eigenvalue weighted by atomic mass is 35.5. The minimum Gasteiger partial charge on any atom is -0.444 e. The van der Waals surface area contributed by atoms with Crippen LogP contribution < -0.4 is 10.2 Å². The first-order valence-corrected chi connectivity index (χ1v) is 12.7. The summed E-state index contributed by atoms with van der Waals surface area (Å²) in [7, 11) is 0. The first-order valence-electron chi connectivity index (χ1n) is 12.3. The molecular formula is C27H29ClF3N5O4S. The van der Waals surface area contributed by atoms with E-state index in [4.69, 9.17) is 16.3 Å². The standard InChI is InChI=1S/C27H27ClF3N5O4.H2S/c1-14-8-22(34-25(39)40-26(3,4)5)32-12-18(14)21(37)9-16-11-33-36-15(2)13-35(24(38)23(16)36)17-6-7-19(20(28)10-17)27(29,30)31;/h6-8,10-12,15H,9,13H2,1-5H3,(H,32,34,39);1H2/t15-;/m0./s1. The maximum atomic E-state index is 13.5. The Kier molecular flexibility index (Phi) is 9.14. The number of rotatable bonds is 5. The lowest BCUT2D eigenvalue weighted by molar-refractivity contribution is -0.137. The van der Waals surface area contributed by atoms with Crippen molar-refractivity contribution >= 4 is 54.4 Å². The first-order chi connectivity index (χ1) is 18.5. The van der Waals surface area contributed by atoms with Gasteiger partial charge in [-0.15, -0.1) is 0 Å². The van der Waals surface area contributed by atoms with E-state index in [9.17, 15) is 27.6 Å². The summed E-state index contributed by atoms with van der Waals surface area (Å²) in [5.74, 6) is -0.637. The highest BCUT2D eigenvalue weighted by Gasteiger charge is 2.36. The topological polar surface area (TPSA) is 106 Å². The van der Waals surface area contributed by atoms with E-state index in [1.54, 1.807) is 34.6 Å². The molecule has 4 rings (SSSR count). The Hall–Kier alpha value is -3.58. The van der Waals surface area contributed by atoms with Crippen LogP contribution in [0.1, 0.15) is 71.3 Å². The molecular weight excluding hydrogens is 583 g/mol. The summed E-state index contributed by atoms with van der Waals surface area (Å²) in [5, 5.41) is 6.29. The zero-order chi connectivity index (χ0) is 29.6. The number of hydrogen-bond acceptors (Lipinski definition) is 6. The van der Waals surface area contributed by atoms with Gasteiger partial charge in [0.15, 0.2) is 5.78 Å². The first kappa shape index (κ1) is 31.9. The smallest absolute Gasteiger partial charge is 0.417 e. The number of aryl methyl sites for hydroxylation is 1. The number of alkyl halides is 3. The fourth-order valence-electron chi connectivity index (χ4n) is 4.37. The Morgan fingerprint density at radius 3 is 2.44 bits per heavy atom. The predicted molar refractivity (Wildman–Crippen MR) is 152 cm³/mol. The average Bonchev–Trinajstić information content (AvgIpc) is 3.23. The lowest BCUT2D eigenvalue weighted by Crippen LogP contribution is -2.43. The number of fused-ring (bicyclic) bond motifs is 1. The zero-order valence-electron chi connectivity index (χ0n) is 22.9. The van der Waals surface area contributed by atoms with Crippen LogP contribution in [-0.4, -0.2) is 44.7 Å². The molecule has 2 aromatic heterocycles. The summed E-state index contributed by atoms with van der Waals surface area (Å²) in [6, 6.07) is 4.35. The van der Waals surface area contributed by atoms with Gasteiger partial charge in [0.25, 0.3) is 5.91 Å². The van der Waals surface area contributed by atoms with Gasteiger partial charge in [0.2, 0.25) is 0 Å². The van der Waals surface area contributed by atoms with Crippen LogP contribution in [0.4, 0.5) is 29.5 Å². The molecule has 41 heavy (non-hydrogen) atoms. The number of halogens is 4. The van der Waals surface area contributed by atoms with Crippen LogP contribution in [0, 0.1) is 6.92 Å². The van der Waals surface area contributed by atoms with E-state index < -0.39 is 34.4 Å². The second kappa shape index (κ2) is 11.7. The summed E-state index contributed by atoms with van der Waals surface area (Å²) < 4.78 is 46.2. The normalized spacial score (nSPS) is 15.2. The van der Waals surface area contributed by atoms with Crippen molar-refractivity contribution < 1.29 is 32.3 Å². The number of hydrogen-bond donors (Lipinski definition) is 1. The quantitative estimate of drug-likeness (QED) is 0.336. The molecule has 0 aliphatic carbocycles. The molecule has 0 radical (unpaired) electrons. The van der Waals surface area contributed by atoms with Gasteiger partial charge in [-0.1, -0.05) is 11.6 Å². The second-order valence-corrected chi connectivity index (χ2v) is 10.9. The highest BCUT2D eigenvalue weighted by molar-refractivity contribution is 7.59. The minimum absolute atomic E-state index is 0. The number of Topliss-reactive ketones (excluding diaryl/α,β-unsaturated/α-hetero) is 1. The van der Waals surface area contributed by atoms with Crippen LogP contribution in [0.15, 0.2) is 36.7 Å². The van der Waals surface area contributed by atoms with E-state index >= 15 is 0 Å². The number of nitrogens with zero attached hydrogens (tertiary/aromatic N) is 4. The number of ketones is 1. The maximum Gasteiger partial charge on any atom is 0.417 e. The number of benzene rings is 1. The SMILES string of the molecule is Cc1cc(NC(=O)OC(C)(C)C)ncc1C(=O)Cc1cnn2c1C(=O)N(c1ccc(C(F)(F)F)c(Cl)c1)C[C@@H]2C.S. The molecule has 220 valence electrons. The monoisotopic (exact) mass is 611 g/mol. The van der Waals surface area contributed by atoms with E-state index in [-0.39, 0.29) is 61.0 Å². The molecule has 2 amide bonds. The van der Waals surface area contributed by atoms with Crippen molar-refractivity contribution in [2.75, 3.05) is 16.8 Å². The van der Waals surface area contributed by atoms with Gasteiger partial charge in [0.05, 0.1) is 22.8 Å². The van der Waals surface area contributed by atoms with Crippen LogP contribution in [0.25, 0.3) is 0 Å². The fourth-order valence-corrected chi connectivity index (χ4v) is 4.65. The summed E-state index contributed by atoms with van der Waals surface area (Å²) in [5.41, 5.74) is -0.124. The fraction of sp³-hybridized carbons (Fsp3) is 0.370. The van der Waals surface area contributed by atoms with Crippen molar-refractivity contribution in [3.8, 4) is 0 Å². The molecule has 1 N–H and O–H groups in total. The number of carbonyl (C=O) groups excluding carboxylic acids is 3. The molecule has 1 aliphatic rings.